The number of aryl methyl sites for hydroxylation is 1. The molecule has 27 heavy (non-hydrogen) atoms. The first-order valence-electron chi connectivity index (χ1n) is 8.98. The number of rotatable bonds is 9. The van der Waals surface area contributed by atoms with Gasteiger partial charge in [-0.1, -0.05) is 26.0 Å². The highest BCUT2D eigenvalue weighted by molar-refractivity contribution is 7.89. The van der Waals surface area contributed by atoms with Gasteiger partial charge in [-0.25, -0.2) is 13.1 Å². The van der Waals surface area contributed by atoms with Gasteiger partial charge in [-0.15, -0.1) is 0 Å². The van der Waals surface area contributed by atoms with E-state index in [0.29, 0.717) is 17.9 Å². The molecule has 146 valence electrons. The number of sulfonamides is 1. The fourth-order valence-corrected chi connectivity index (χ4v) is 3.66. The number of carbonyl (C=O) groups excluding carboxylic acids is 1. The van der Waals surface area contributed by atoms with E-state index in [2.05, 4.69) is 10.0 Å². The molecule has 2 aromatic carbocycles. The normalized spacial score (nSPS) is 12.4. The Labute approximate surface area is 161 Å². The van der Waals surface area contributed by atoms with Crippen LogP contribution in [0.1, 0.15) is 32.8 Å². The summed E-state index contributed by atoms with van der Waals surface area (Å²) >= 11 is 0. The van der Waals surface area contributed by atoms with Crippen LogP contribution in [0.2, 0.25) is 0 Å². The van der Waals surface area contributed by atoms with E-state index in [1.165, 1.54) is 12.1 Å². The van der Waals surface area contributed by atoms with Gasteiger partial charge in [-0.2, -0.15) is 0 Å². The minimum atomic E-state index is -3.56. The Bertz CT molecular complexity index is 864. The zero-order valence-corrected chi connectivity index (χ0v) is 16.7. The van der Waals surface area contributed by atoms with E-state index in [1.807, 2.05) is 39.0 Å². The van der Waals surface area contributed by atoms with Crippen molar-refractivity contribution in [1.82, 2.24) is 4.72 Å². The zero-order valence-electron chi connectivity index (χ0n) is 15.9. The Kier molecular flexibility index (Phi) is 7.38. The van der Waals surface area contributed by atoms with Crippen LogP contribution >= 0.6 is 0 Å². The van der Waals surface area contributed by atoms with Gasteiger partial charge in [-0.05, 0) is 61.7 Å². The molecule has 1 unspecified atom stereocenters. The molecule has 0 saturated heterocycles. The number of amides is 1. The van der Waals surface area contributed by atoms with E-state index in [9.17, 15) is 13.2 Å². The zero-order chi connectivity index (χ0) is 19.9. The van der Waals surface area contributed by atoms with Crippen LogP contribution in [0.15, 0.2) is 53.4 Å². The van der Waals surface area contributed by atoms with Crippen LogP contribution in [-0.4, -0.2) is 27.0 Å². The van der Waals surface area contributed by atoms with Gasteiger partial charge in [0.25, 0.3) is 5.91 Å². The standard InChI is InChI=1S/C20H26N2O4S/c1-4-15(3)22-27(24,25)19-11-9-17(10-12-19)21-20(23)14-26-18-8-6-7-16(5-2)13-18/h6-13,15,22H,4-5,14H2,1-3H3,(H,21,23). The summed E-state index contributed by atoms with van der Waals surface area (Å²) in [6.07, 6.45) is 1.60. The largest absolute Gasteiger partial charge is 0.484 e. The number of hydrogen-bond donors (Lipinski definition) is 2. The van der Waals surface area contributed by atoms with Crippen molar-refractivity contribution in [1.29, 1.82) is 0 Å². The van der Waals surface area contributed by atoms with Gasteiger partial charge >= 0.3 is 0 Å². The molecular weight excluding hydrogens is 364 g/mol. The smallest absolute Gasteiger partial charge is 0.262 e. The lowest BCUT2D eigenvalue weighted by molar-refractivity contribution is -0.118. The van der Waals surface area contributed by atoms with Crippen LogP contribution in [0.5, 0.6) is 5.75 Å². The van der Waals surface area contributed by atoms with E-state index in [4.69, 9.17) is 4.74 Å². The van der Waals surface area contributed by atoms with Crippen LogP contribution < -0.4 is 14.8 Å². The number of carbonyl (C=O) groups is 1. The summed E-state index contributed by atoms with van der Waals surface area (Å²) in [4.78, 5) is 12.2. The average Bonchev–Trinajstić information content (AvgIpc) is 2.66. The summed E-state index contributed by atoms with van der Waals surface area (Å²) in [5.74, 6) is 0.326. The summed E-state index contributed by atoms with van der Waals surface area (Å²) in [5, 5.41) is 2.69. The molecule has 0 bridgehead atoms. The van der Waals surface area contributed by atoms with Gasteiger partial charge in [0.1, 0.15) is 5.75 Å². The molecule has 1 amide bonds. The molecule has 2 rings (SSSR count). The summed E-state index contributed by atoms with van der Waals surface area (Å²) in [6.45, 7) is 5.64. The molecule has 7 heteroatoms. The molecule has 0 saturated carbocycles. The van der Waals surface area contributed by atoms with Crippen LogP contribution in [0.25, 0.3) is 0 Å². The third-order valence-corrected chi connectivity index (χ3v) is 5.70. The molecular formula is C20H26N2O4S. The Morgan fingerprint density at radius 3 is 2.44 bits per heavy atom. The van der Waals surface area contributed by atoms with Gasteiger partial charge in [0.2, 0.25) is 10.0 Å². The molecule has 2 aromatic rings. The van der Waals surface area contributed by atoms with E-state index in [1.54, 1.807) is 18.2 Å². The molecule has 0 radical (unpaired) electrons. The second-order valence-corrected chi connectivity index (χ2v) is 8.01. The van der Waals surface area contributed by atoms with Crippen molar-refractivity contribution in [3.63, 3.8) is 0 Å². The monoisotopic (exact) mass is 390 g/mol. The second-order valence-electron chi connectivity index (χ2n) is 6.29. The second kappa shape index (κ2) is 9.53. The lowest BCUT2D eigenvalue weighted by Gasteiger charge is -2.12. The van der Waals surface area contributed by atoms with E-state index < -0.39 is 10.0 Å². The number of anilines is 1. The van der Waals surface area contributed by atoms with Crippen molar-refractivity contribution in [2.24, 2.45) is 0 Å². The molecule has 6 nitrogen and oxygen atoms in total. The SMILES string of the molecule is CCc1cccc(OCC(=O)Nc2ccc(S(=O)(=O)NC(C)CC)cc2)c1. The number of nitrogens with one attached hydrogen (secondary N) is 2. The molecule has 0 aliphatic rings. The first kappa shape index (κ1) is 20.9. The van der Waals surface area contributed by atoms with E-state index >= 15 is 0 Å². The summed E-state index contributed by atoms with van der Waals surface area (Å²) in [5.41, 5.74) is 1.64. The lowest BCUT2D eigenvalue weighted by Crippen LogP contribution is -2.31. The average molecular weight is 391 g/mol. The quantitative estimate of drug-likeness (QED) is 0.688. The minimum absolute atomic E-state index is 0.122. The van der Waals surface area contributed by atoms with Gasteiger partial charge in [-0.3, -0.25) is 4.79 Å². The molecule has 1 atom stereocenters. The highest BCUT2D eigenvalue weighted by Crippen LogP contribution is 2.16. The van der Waals surface area contributed by atoms with Crippen molar-refractivity contribution >= 4 is 21.6 Å². The molecule has 0 aromatic heterocycles. The first-order valence-corrected chi connectivity index (χ1v) is 10.5. The number of hydrogen-bond acceptors (Lipinski definition) is 4. The Morgan fingerprint density at radius 2 is 1.81 bits per heavy atom. The Hall–Kier alpha value is -2.38. The molecule has 2 N–H and O–H groups in total. The maximum absolute atomic E-state index is 12.2. The van der Waals surface area contributed by atoms with Crippen LogP contribution in [0.4, 0.5) is 5.69 Å². The topological polar surface area (TPSA) is 84.5 Å². The molecule has 0 fully saturated rings. The molecule has 0 heterocycles. The van der Waals surface area contributed by atoms with Crippen LogP contribution in [-0.2, 0) is 21.2 Å². The van der Waals surface area contributed by atoms with Crippen molar-refractivity contribution in [2.75, 3.05) is 11.9 Å². The van der Waals surface area contributed by atoms with Crippen LogP contribution in [0.3, 0.4) is 0 Å². The van der Waals surface area contributed by atoms with Gasteiger partial charge in [0, 0.05) is 11.7 Å². The lowest BCUT2D eigenvalue weighted by atomic mass is 10.2. The van der Waals surface area contributed by atoms with E-state index in [0.717, 1.165) is 12.0 Å². The number of ether oxygens (including phenoxy) is 1. The fourth-order valence-electron chi connectivity index (χ4n) is 2.33. The maximum atomic E-state index is 12.2. The van der Waals surface area contributed by atoms with Crippen LogP contribution in [0, 0.1) is 0 Å². The van der Waals surface area contributed by atoms with Gasteiger partial charge < -0.3 is 10.1 Å². The number of benzene rings is 2. The molecule has 0 aliphatic carbocycles. The summed E-state index contributed by atoms with van der Waals surface area (Å²) in [7, 11) is -3.56. The van der Waals surface area contributed by atoms with E-state index in [-0.39, 0.29) is 23.5 Å². The van der Waals surface area contributed by atoms with Gasteiger partial charge in [0.15, 0.2) is 6.61 Å². The fraction of sp³-hybridized carbons (Fsp3) is 0.350. The van der Waals surface area contributed by atoms with Crippen molar-refractivity contribution in [3.05, 3.63) is 54.1 Å². The Morgan fingerprint density at radius 1 is 1.11 bits per heavy atom. The maximum Gasteiger partial charge on any atom is 0.262 e. The third-order valence-electron chi connectivity index (χ3n) is 4.09. The highest BCUT2D eigenvalue weighted by Gasteiger charge is 2.16. The Balaban J connectivity index is 1.92. The van der Waals surface area contributed by atoms with Crippen molar-refractivity contribution in [2.45, 2.75) is 44.6 Å². The van der Waals surface area contributed by atoms with Crippen molar-refractivity contribution in [3.8, 4) is 5.75 Å². The molecule has 0 spiro atoms. The molecule has 0 aliphatic heterocycles. The van der Waals surface area contributed by atoms with Crippen molar-refractivity contribution < 1.29 is 17.9 Å². The third kappa shape index (κ3) is 6.37. The summed E-state index contributed by atoms with van der Waals surface area (Å²) in [6, 6.07) is 13.5. The highest BCUT2D eigenvalue weighted by atomic mass is 32.2. The first-order chi connectivity index (χ1) is 12.8. The minimum Gasteiger partial charge on any atom is -0.484 e. The predicted molar refractivity (Wildman–Crippen MR) is 106 cm³/mol. The summed E-state index contributed by atoms with van der Waals surface area (Å²) < 4.78 is 32.6. The van der Waals surface area contributed by atoms with Gasteiger partial charge in [0.05, 0.1) is 4.90 Å². The predicted octanol–water partition coefficient (Wildman–Crippen LogP) is 3.34.